The van der Waals surface area contributed by atoms with Gasteiger partial charge in [0.1, 0.15) is 11.6 Å². The van der Waals surface area contributed by atoms with E-state index in [1.807, 2.05) is 0 Å². The van der Waals surface area contributed by atoms with Gasteiger partial charge < -0.3 is 10.1 Å². The van der Waals surface area contributed by atoms with Gasteiger partial charge in [-0.25, -0.2) is 4.39 Å². The molecular formula is C25H17Cl2FN2O4S. The van der Waals surface area contributed by atoms with Crippen LogP contribution in [0.15, 0.2) is 71.6 Å². The maximum atomic E-state index is 14.1. The summed E-state index contributed by atoms with van der Waals surface area (Å²) in [7, 11) is 0. The van der Waals surface area contributed by atoms with Crippen molar-refractivity contribution in [3.05, 3.63) is 98.6 Å². The van der Waals surface area contributed by atoms with Gasteiger partial charge in [0, 0.05) is 21.3 Å². The van der Waals surface area contributed by atoms with Crippen molar-refractivity contribution in [2.24, 2.45) is 0 Å². The molecule has 1 aliphatic rings. The van der Waals surface area contributed by atoms with E-state index in [1.54, 1.807) is 54.6 Å². The van der Waals surface area contributed by atoms with E-state index in [9.17, 15) is 18.8 Å². The highest BCUT2D eigenvalue weighted by molar-refractivity contribution is 8.18. The fourth-order valence-corrected chi connectivity index (χ4v) is 4.36. The molecule has 1 saturated heterocycles. The van der Waals surface area contributed by atoms with Crippen LogP contribution >= 0.6 is 35.0 Å². The first-order valence-electron chi connectivity index (χ1n) is 10.3. The summed E-state index contributed by atoms with van der Waals surface area (Å²) in [6.07, 6.45) is 1.56. The van der Waals surface area contributed by atoms with Gasteiger partial charge in [0.15, 0.2) is 6.61 Å². The van der Waals surface area contributed by atoms with Crippen molar-refractivity contribution < 1.29 is 23.5 Å². The molecule has 6 nitrogen and oxygen atoms in total. The molecule has 0 bridgehead atoms. The summed E-state index contributed by atoms with van der Waals surface area (Å²) in [4.78, 5) is 38.3. The first kappa shape index (κ1) is 24.8. The summed E-state index contributed by atoms with van der Waals surface area (Å²) >= 11 is 12.6. The number of amides is 3. The number of nitrogens with zero attached hydrogens (tertiary/aromatic N) is 1. The number of rotatable bonds is 7. The second-order valence-corrected chi connectivity index (χ2v) is 9.22. The summed E-state index contributed by atoms with van der Waals surface area (Å²) in [5.41, 5.74) is 1.33. The highest BCUT2D eigenvalue weighted by atomic mass is 35.5. The largest absolute Gasteiger partial charge is 0.484 e. The molecule has 3 aromatic carbocycles. The number of hydrogen-bond acceptors (Lipinski definition) is 5. The summed E-state index contributed by atoms with van der Waals surface area (Å²) in [6.45, 7) is -0.447. The Labute approximate surface area is 214 Å². The lowest BCUT2D eigenvalue weighted by atomic mass is 10.2. The van der Waals surface area contributed by atoms with E-state index in [-0.39, 0.29) is 34.6 Å². The summed E-state index contributed by atoms with van der Waals surface area (Å²) in [5, 5.41) is 2.90. The molecule has 3 aromatic rings. The molecule has 0 unspecified atom stereocenters. The zero-order chi connectivity index (χ0) is 24.9. The van der Waals surface area contributed by atoms with E-state index < -0.39 is 17.0 Å². The van der Waals surface area contributed by atoms with Crippen LogP contribution in [-0.4, -0.2) is 28.6 Å². The molecule has 1 fully saturated rings. The van der Waals surface area contributed by atoms with Crippen molar-refractivity contribution in [1.82, 2.24) is 4.90 Å². The van der Waals surface area contributed by atoms with Gasteiger partial charge in [-0.05, 0) is 71.9 Å². The number of anilines is 1. The van der Waals surface area contributed by atoms with Crippen LogP contribution in [0.2, 0.25) is 10.0 Å². The van der Waals surface area contributed by atoms with Crippen molar-refractivity contribution in [3.8, 4) is 5.75 Å². The summed E-state index contributed by atoms with van der Waals surface area (Å²) in [6, 6.07) is 17.5. The average Bonchev–Trinajstić information content (AvgIpc) is 3.09. The molecule has 4 rings (SSSR count). The number of ether oxygens (including phenoxy) is 1. The topological polar surface area (TPSA) is 75.7 Å². The lowest BCUT2D eigenvalue weighted by Gasteiger charge is -2.14. The lowest BCUT2D eigenvalue weighted by molar-refractivity contribution is -0.123. The third-order valence-corrected chi connectivity index (χ3v) is 6.44. The van der Waals surface area contributed by atoms with Gasteiger partial charge in [-0.15, -0.1) is 0 Å². The molecule has 0 radical (unpaired) electrons. The average molecular weight is 531 g/mol. The second-order valence-electron chi connectivity index (χ2n) is 7.38. The highest BCUT2D eigenvalue weighted by Gasteiger charge is 2.35. The lowest BCUT2D eigenvalue weighted by Crippen LogP contribution is -2.28. The zero-order valence-electron chi connectivity index (χ0n) is 18.0. The number of carbonyl (C=O) groups excluding carboxylic acids is 3. The van der Waals surface area contributed by atoms with Crippen LogP contribution in [0.4, 0.5) is 14.9 Å². The van der Waals surface area contributed by atoms with Gasteiger partial charge in [-0.2, -0.15) is 0 Å². The summed E-state index contributed by atoms with van der Waals surface area (Å²) < 4.78 is 19.6. The Morgan fingerprint density at radius 2 is 1.74 bits per heavy atom. The second kappa shape index (κ2) is 10.9. The number of carbonyl (C=O) groups is 3. The standard InChI is InChI=1S/C25H17Cl2FN2O4S/c26-16-6-8-17(9-7-16)29-23(31)14-34-18-10-4-15(5-11-18)12-22-24(32)30(25(33)35-22)13-19-20(27)2-1-3-21(19)28/h1-12H,13-14H2,(H,29,31)/b22-12-. The maximum Gasteiger partial charge on any atom is 0.293 e. The molecule has 0 aliphatic carbocycles. The summed E-state index contributed by atoms with van der Waals surface area (Å²) in [5.74, 6) is -0.993. The van der Waals surface area contributed by atoms with Crippen LogP contribution in [0.1, 0.15) is 11.1 Å². The molecule has 1 aliphatic heterocycles. The highest BCUT2D eigenvalue weighted by Crippen LogP contribution is 2.34. The predicted molar refractivity (Wildman–Crippen MR) is 135 cm³/mol. The van der Waals surface area contributed by atoms with Crippen molar-refractivity contribution in [1.29, 1.82) is 0 Å². The van der Waals surface area contributed by atoms with Gasteiger partial charge in [-0.3, -0.25) is 19.3 Å². The number of nitrogens with one attached hydrogen (secondary N) is 1. The first-order valence-corrected chi connectivity index (χ1v) is 11.8. The van der Waals surface area contributed by atoms with E-state index in [4.69, 9.17) is 27.9 Å². The zero-order valence-corrected chi connectivity index (χ0v) is 20.3. The monoisotopic (exact) mass is 530 g/mol. The van der Waals surface area contributed by atoms with E-state index in [0.29, 0.717) is 22.0 Å². The third kappa shape index (κ3) is 6.22. The Hall–Kier alpha value is -3.33. The van der Waals surface area contributed by atoms with Crippen molar-refractivity contribution in [2.45, 2.75) is 6.54 Å². The normalized spacial score (nSPS) is 14.5. The van der Waals surface area contributed by atoms with Crippen LogP contribution in [-0.2, 0) is 16.1 Å². The van der Waals surface area contributed by atoms with Gasteiger partial charge in [0.05, 0.1) is 11.4 Å². The fourth-order valence-electron chi connectivity index (χ4n) is 3.17. The Morgan fingerprint density at radius 1 is 1.03 bits per heavy atom. The molecule has 3 amide bonds. The van der Waals surface area contributed by atoms with E-state index >= 15 is 0 Å². The Morgan fingerprint density at radius 3 is 2.43 bits per heavy atom. The molecule has 1 N–H and O–H groups in total. The van der Waals surface area contributed by atoms with Crippen LogP contribution in [0.25, 0.3) is 6.08 Å². The number of imide groups is 1. The Bertz CT molecular complexity index is 1290. The molecule has 0 spiro atoms. The van der Waals surface area contributed by atoms with Crippen LogP contribution < -0.4 is 10.1 Å². The molecule has 0 aromatic heterocycles. The van der Waals surface area contributed by atoms with Crippen LogP contribution in [0.3, 0.4) is 0 Å². The number of hydrogen-bond donors (Lipinski definition) is 1. The molecule has 178 valence electrons. The van der Waals surface area contributed by atoms with E-state index in [1.165, 1.54) is 18.2 Å². The van der Waals surface area contributed by atoms with Gasteiger partial charge in [-0.1, -0.05) is 41.4 Å². The number of thioether (sulfide) groups is 1. The van der Waals surface area contributed by atoms with Crippen molar-refractivity contribution >= 4 is 63.8 Å². The maximum absolute atomic E-state index is 14.1. The van der Waals surface area contributed by atoms with Crippen LogP contribution in [0, 0.1) is 5.82 Å². The van der Waals surface area contributed by atoms with Crippen molar-refractivity contribution in [3.63, 3.8) is 0 Å². The minimum absolute atomic E-state index is 0.0827. The minimum atomic E-state index is -0.585. The van der Waals surface area contributed by atoms with E-state index in [2.05, 4.69) is 5.32 Å². The quantitative estimate of drug-likeness (QED) is 0.358. The first-order chi connectivity index (χ1) is 16.8. The molecule has 10 heteroatoms. The SMILES string of the molecule is O=C(COc1ccc(/C=C2\SC(=O)N(Cc3c(F)cccc3Cl)C2=O)cc1)Nc1ccc(Cl)cc1. The molecule has 0 saturated carbocycles. The van der Waals surface area contributed by atoms with E-state index in [0.717, 1.165) is 16.7 Å². The Balaban J connectivity index is 1.36. The molecule has 1 heterocycles. The van der Waals surface area contributed by atoms with Gasteiger partial charge >= 0.3 is 0 Å². The number of benzene rings is 3. The Kier molecular flexibility index (Phi) is 7.75. The fraction of sp³-hybridized carbons (Fsp3) is 0.0800. The minimum Gasteiger partial charge on any atom is -0.484 e. The van der Waals surface area contributed by atoms with Crippen LogP contribution in [0.5, 0.6) is 5.75 Å². The third-order valence-electron chi connectivity index (χ3n) is 4.93. The van der Waals surface area contributed by atoms with Crippen molar-refractivity contribution in [2.75, 3.05) is 11.9 Å². The number of halogens is 3. The predicted octanol–water partition coefficient (Wildman–Crippen LogP) is 6.39. The molecule has 0 atom stereocenters. The molecular weight excluding hydrogens is 514 g/mol. The van der Waals surface area contributed by atoms with Gasteiger partial charge in [0.25, 0.3) is 17.1 Å². The molecule has 35 heavy (non-hydrogen) atoms. The smallest absolute Gasteiger partial charge is 0.293 e. The van der Waals surface area contributed by atoms with Gasteiger partial charge in [0.2, 0.25) is 0 Å².